The third-order valence-electron chi connectivity index (χ3n) is 3.04. The molecule has 5 nitrogen and oxygen atoms in total. The number of hydrogen-bond donors (Lipinski definition) is 2. The summed E-state index contributed by atoms with van der Waals surface area (Å²) >= 11 is 0. The number of carbonyl (C=O) groups is 2. The Hall–Kier alpha value is -2.69. The molecule has 2 rings (SSSR count). The minimum absolute atomic E-state index is 0.225. The molecule has 0 saturated carbocycles. The number of pyridine rings is 1. The van der Waals surface area contributed by atoms with Gasteiger partial charge in [-0.2, -0.15) is 0 Å². The molecule has 0 aliphatic carbocycles. The SMILES string of the molecule is CC(C)(C)NC(=O)c1ccnc(C(=O)NCc2ccccc2)c1. The Morgan fingerprint density at radius 1 is 1.04 bits per heavy atom. The smallest absolute Gasteiger partial charge is 0.270 e. The number of carbonyl (C=O) groups excluding carboxylic acids is 2. The maximum atomic E-state index is 12.2. The van der Waals surface area contributed by atoms with Crippen LogP contribution >= 0.6 is 0 Å². The fourth-order valence-corrected chi connectivity index (χ4v) is 1.98. The van der Waals surface area contributed by atoms with Crippen LogP contribution in [0.1, 0.15) is 47.2 Å². The van der Waals surface area contributed by atoms with Crippen LogP contribution in [-0.4, -0.2) is 22.3 Å². The van der Waals surface area contributed by atoms with Crippen molar-refractivity contribution >= 4 is 11.8 Å². The van der Waals surface area contributed by atoms with Crippen LogP contribution in [-0.2, 0) is 6.54 Å². The van der Waals surface area contributed by atoms with Crippen molar-refractivity contribution in [3.8, 4) is 0 Å². The normalized spacial score (nSPS) is 10.9. The summed E-state index contributed by atoms with van der Waals surface area (Å²) in [5.74, 6) is -0.531. The van der Waals surface area contributed by atoms with Crippen molar-refractivity contribution in [2.24, 2.45) is 0 Å². The molecule has 23 heavy (non-hydrogen) atoms. The lowest BCUT2D eigenvalue weighted by atomic mass is 10.1. The first kappa shape index (κ1) is 16.7. The Labute approximate surface area is 136 Å². The standard InChI is InChI=1S/C18H21N3O2/c1-18(2,3)21-16(22)14-9-10-19-15(11-14)17(23)20-12-13-7-5-4-6-8-13/h4-11H,12H2,1-3H3,(H,20,23)(H,21,22). The minimum Gasteiger partial charge on any atom is -0.347 e. The largest absolute Gasteiger partial charge is 0.347 e. The number of hydrogen-bond acceptors (Lipinski definition) is 3. The number of nitrogens with one attached hydrogen (secondary N) is 2. The van der Waals surface area contributed by atoms with Crippen molar-refractivity contribution < 1.29 is 9.59 Å². The van der Waals surface area contributed by atoms with Gasteiger partial charge in [-0.05, 0) is 38.5 Å². The van der Waals surface area contributed by atoms with Crippen LogP contribution < -0.4 is 10.6 Å². The van der Waals surface area contributed by atoms with Crippen LogP contribution in [0.15, 0.2) is 48.7 Å². The van der Waals surface area contributed by atoms with E-state index in [4.69, 9.17) is 0 Å². The van der Waals surface area contributed by atoms with E-state index in [1.807, 2.05) is 51.1 Å². The highest BCUT2D eigenvalue weighted by molar-refractivity contribution is 5.98. The molecule has 0 saturated heterocycles. The summed E-state index contributed by atoms with van der Waals surface area (Å²) in [6.45, 7) is 6.12. The van der Waals surface area contributed by atoms with Gasteiger partial charge in [-0.1, -0.05) is 30.3 Å². The van der Waals surface area contributed by atoms with E-state index in [0.29, 0.717) is 12.1 Å². The number of amides is 2. The van der Waals surface area contributed by atoms with Gasteiger partial charge in [0, 0.05) is 23.8 Å². The fraction of sp³-hybridized carbons (Fsp3) is 0.278. The molecule has 120 valence electrons. The van der Waals surface area contributed by atoms with Gasteiger partial charge >= 0.3 is 0 Å². The molecule has 0 aliphatic heterocycles. The third-order valence-corrected chi connectivity index (χ3v) is 3.04. The van der Waals surface area contributed by atoms with E-state index in [1.165, 1.54) is 12.3 Å². The van der Waals surface area contributed by atoms with E-state index in [0.717, 1.165) is 5.56 Å². The second-order valence-corrected chi connectivity index (χ2v) is 6.30. The average Bonchev–Trinajstić information content (AvgIpc) is 2.52. The lowest BCUT2D eigenvalue weighted by Gasteiger charge is -2.20. The molecule has 5 heteroatoms. The Bertz CT molecular complexity index is 691. The summed E-state index contributed by atoms with van der Waals surface area (Å²) < 4.78 is 0. The fourth-order valence-electron chi connectivity index (χ4n) is 1.98. The predicted molar refractivity (Wildman–Crippen MR) is 89.1 cm³/mol. The molecule has 0 fully saturated rings. The van der Waals surface area contributed by atoms with Crippen LogP contribution in [0.5, 0.6) is 0 Å². The number of rotatable bonds is 4. The quantitative estimate of drug-likeness (QED) is 0.911. The van der Waals surface area contributed by atoms with E-state index in [9.17, 15) is 9.59 Å². The first-order valence-corrected chi connectivity index (χ1v) is 7.46. The monoisotopic (exact) mass is 311 g/mol. The minimum atomic E-state index is -0.337. The highest BCUT2D eigenvalue weighted by atomic mass is 16.2. The van der Waals surface area contributed by atoms with E-state index in [2.05, 4.69) is 15.6 Å². The highest BCUT2D eigenvalue weighted by Crippen LogP contribution is 2.06. The van der Waals surface area contributed by atoms with Crippen molar-refractivity contribution in [2.45, 2.75) is 32.9 Å². The first-order valence-electron chi connectivity index (χ1n) is 7.46. The number of aromatic nitrogens is 1. The lowest BCUT2D eigenvalue weighted by Crippen LogP contribution is -2.40. The lowest BCUT2D eigenvalue weighted by molar-refractivity contribution is 0.0919. The van der Waals surface area contributed by atoms with Crippen LogP contribution in [0.25, 0.3) is 0 Å². The number of nitrogens with zero attached hydrogens (tertiary/aromatic N) is 1. The Morgan fingerprint density at radius 3 is 2.39 bits per heavy atom. The average molecular weight is 311 g/mol. The first-order chi connectivity index (χ1) is 10.8. The summed E-state index contributed by atoms with van der Waals surface area (Å²) in [5.41, 5.74) is 1.31. The molecule has 1 aromatic carbocycles. The zero-order valence-electron chi connectivity index (χ0n) is 13.6. The molecular formula is C18H21N3O2. The van der Waals surface area contributed by atoms with Gasteiger partial charge in [0.15, 0.2) is 0 Å². The zero-order valence-corrected chi connectivity index (χ0v) is 13.6. The van der Waals surface area contributed by atoms with Crippen LogP contribution in [0.2, 0.25) is 0 Å². The van der Waals surface area contributed by atoms with Crippen LogP contribution in [0, 0.1) is 0 Å². The molecule has 0 aliphatic rings. The summed E-state index contributed by atoms with van der Waals surface area (Å²) in [5, 5.41) is 5.66. The van der Waals surface area contributed by atoms with E-state index in [-0.39, 0.29) is 23.0 Å². The summed E-state index contributed by atoms with van der Waals surface area (Å²) in [6, 6.07) is 12.7. The van der Waals surface area contributed by atoms with Gasteiger partial charge in [0.2, 0.25) is 0 Å². The molecule has 1 aromatic heterocycles. The second-order valence-electron chi connectivity index (χ2n) is 6.30. The molecule has 0 radical (unpaired) electrons. The van der Waals surface area contributed by atoms with Crippen molar-refractivity contribution in [3.63, 3.8) is 0 Å². The van der Waals surface area contributed by atoms with Crippen molar-refractivity contribution in [1.29, 1.82) is 0 Å². The van der Waals surface area contributed by atoms with E-state index >= 15 is 0 Å². The van der Waals surface area contributed by atoms with Gasteiger partial charge in [0.05, 0.1) is 0 Å². The second kappa shape index (κ2) is 7.05. The van der Waals surface area contributed by atoms with Crippen molar-refractivity contribution in [3.05, 3.63) is 65.5 Å². The van der Waals surface area contributed by atoms with Crippen molar-refractivity contribution in [1.82, 2.24) is 15.6 Å². The Balaban J connectivity index is 2.04. The molecular weight excluding hydrogens is 290 g/mol. The van der Waals surface area contributed by atoms with E-state index < -0.39 is 0 Å². The van der Waals surface area contributed by atoms with Gasteiger partial charge in [-0.3, -0.25) is 14.6 Å². The number of benzene rings is 1. The van der Waals surface area contributed by atoms with Crippen LogP contribution in [0.4, 0.5) is 0 Å². The van der Waals surface area contributed by atoms with Crippen LogP contribution in [0.3, 0.4) is 0 Å². The molecule has 0 bridgehead atoms. The molecule has 1 heterocycles. The summed E-state index contributed by atoms with van der Waals surface area (Å²) in [7, 11) is 0. The molecule has 0 atom stereocenters. The summed E-state index contributed by atoms with van der Waals surface area (Å²) in [6.07, 6.45) is 1.47. The maximum absolute atomic E-state index is 12.2. The molecule has 0 unspecified atom stereocenters. The zero-order chi connectivity index (χ0) is 16.9. The molecule has 2 aromatic rings. The highest BCUT2D eigenvalue weighted by Gasteiger charge is 2.17. The van der Waals surface area contributed by atoms with E-state index in [1.54, 1.807) is 6.07 Å². The van der Waals surface area contributed by atoms with Gasteiger partial charge in [0.1, 0.15) is 5.69 Å². The topological polar surface area (TPSA) is 71.1 Å². The predicted octanol–water partition coefficient (Wildman–Crippen LogP) is 2.54. The molecule has 0 spiro atoms. The van der Waals surface area contributed by atoms with Crippen molar-refractivity contribution in [2.75, 3.05) is 0 Å². The third kappa shape index (κ3) is 5.21. The van der Waals surface area contributed by atoms with Gasteiger partial charge in [0.25, 0.3) is 11.8 Å². The van der Waals surface area contributed by atoms with Gasteiger partial charge in [-0.15, -0.1) is 0 Å². The molecule has 2 amide bonds. The molecule has 2 N–H and O–H groups in total. The van der Waals surface area contributed by atoms with Gasteiger partial charge in [-0.25, -0.2) is 0 Å². The Morgan fingerprint density at radius 2 is 1.74 bits per heavy atom. The summed E-state index contributed by atoms with van der Waals surface area (Å²) in [4.78, 5) is 28.4. The van der Waals surface area contributed by atoms with Gasteiger partial charge < -0.3 is 10.6 Å². The Kier molecular flexibility index (Phi) is 5.11. The maximum Gasteiger partial charge on any atom is 0.270 e.